The second kappa shape index (κ2) is 5.09. The Morgan fingerprint density at radius 2 is 1.90 bits per heavy atom. The van der Waals surface area contributed by atoms with Crippen molar-refractivity contribution in [3.63, 3.8) is 0 Å². The molecule has 0 aliphatic heterocycles. The Labute approximate surface area is 116 Å². The normalized spacial score (nSPS) is 10.4. The summed E-state index contributed by atoms with van der Waals surface area (Å²) in [6.45, 7) is 0. The maximum atomic E-state index is 5.89. The lowest BCUT2D eigenvalue weighted by Crippen LogP contribution is -1.94. The van der Waals surface area contributed by atoms with Crippen LogP contribution in [0.4, 0.5) is 5.69 Å². The first-order chi connectivity index (χ1) is 9.78. The van der Waals surface area contributed by atoms with E-state index < -0.39 is 0 Å². The van der Waals surface area contributed by atoms with Crippen LogP contribution in [0.25, 0.3) is 10.8 Å². The number of nitrogens with zero attached hydrogens (tertiary/aromatic N) is 1. The molecule has 0 bridgehead atoms. The molecule has 4 heteroatoms. The summed E-state index contributed by atoms with van der Waals surface area (Å²) in [6, 6.07) is 15.0. The number of hydrogen-bond acceptors (Lipinski definition) is 4. The molecule has 0 saturated carbocycles. The van der Waals surface area contributed by atoms with Crippen molar-refractivity contribution >= 4 is 16.5 Å². The zero-order valence-electron chi connectivity index (χ0n) is 11.0. The van der Waals surface area contributed by atoms with Gasteiger partial charge in [-0.1, -0.05) is 12.1 Å². The van der Waals surface area contributed by atoms with Gasteiger partial charge >= 0.3 is 0 Å². The number of nitrogens with two attached hydrogens (primary N) is 1. The van der Waals surface area contributed by atoms with Crippen molar-refractivity contribution in [2.24, 2.45) is 0 Å². The molecule has 0 saturated heterocycles. The van der Waals surface area contributed by atoms with E-state index in [0.717, 1.165) is 16.5 Å². The molecule has 2 aromatic carbocycles. The van der Waals surface area contributed by atoms with Crippen LogP contribution < -0.4 is 15.2 Å². The highest BCUT2D eigenvalue weighted by Gasteiger charge is 2.07. The number of hydrogen-bond donors (Lipinski definition) is 1. The lowest BCUT2D eigenvalue weighted by atomic mass is 10.1. The number of anilines is 1. The van der Waals surface area contributed by atoms with Gasteiger partial charge in [0, 0.05) is 11.6 Å². The third-order valence-electron chi connectivity index (χ3n) is 3.06. The first-order valence-corrected chi connectivity index (χ1v) is 6.23. The quantitative estimate of drug-likeness (QED) is 0.736. The summed E-state index contributed by atoms with van der Waals surface area (Å²) in [5.41, 5.74) is 6.47. The van der Waals surface area contributed by atoms with Gasteiger partial charge in [0.05, 0.1) is 12.8 Å². The number of methoxy groups -OCH3 is 1. The van der Waals surface area contributed by atoms with Crippen LogP contribution in [0.1, 0.15) is 0 Å². The molecule has 0 amide bonds. The van der Waals surface area contributed by atoms with E-state index in [2.05, 4.69) is 4.98 Å². The van der Waals surface area contributed by atoms with Gasteiger partial charge in [0.2, 0.25) is 5.88 Å². The molecule has 20 heavy (non-hydrogen) atoms. The molecule has 0 radical (unpaired) electrons. The molecule has 1 aromatic heterocycles. The van der Waals surface area contributed by atoms with Gasteiger partial charge in [-0.15, -0.1) is 0 Å². The van der Waals surface area contributed by atoms with Gasteiger partial charge in [-0.2, -0.15) is 0 Å². The third-order valence-corrected chi connectivity index (χ3v) is 3.06. The van der Waals surface area contributed by atoms with E-state index in [9.17, 15) is 0 Å². The monoisotopic (exact) mass is 266 g/mol. The van der Waals surface area contributed by atoms with Crippen molar-refractivity contribution in [3.05, 3.63) is 54.7 Å². The summed E-state index contributed by atoms with van der Waals surface area (Å²) in [6.07, 6.45) is 1.70. The molecule has 3 aromatic rings. The second-order valence-corrected chi connectivity index (χ2v) is 4.34. The smallest absolute Gasteiger partial charge is 0.227 e. The molecule has 0 aliphatic carbocycles. The fourth-order valence-corrected chi connectivity index (χ4v) is 2.01. The van der Waals surface area contributed by atoms with E-state index >= 15 is 0 Å². The van der Waals surface area contributed by atoms with Gasteiger partial charge in [-0.05, 0) is 41.8 Å². The predicted molar refractivity (Wildman–Crippen MR) is 79.2 cm³/mol. The molecule has 0 fully saturated rings. The van der Waals surface area contributed by atoms with Gasteiger partial charge in [0.1, 0.15) is 5.75 Å². The lowest BCUT2D eigenvalue weighted by molar-refractivity contribution is 0.415. The van der Waals surface area contributed by atoms with Crippen molar-refractivity contribution < 1.29 is 9.47 Å². The highest BCUT2D eigenvalue weighted by molar-refractivity contribution is 5.88. The summed E-state index contributed by atoms with van der Waals surface area (Å²) in [4.78, 5) is 4.28. The summed E-state index contributed by atoms with van der Waals surface area (Å²) in [7, 11) is 1.64. The van der Waals surface area contributed by atoms with Crippen LogP contribution in [-0.4, -0.2) is 12.1 Å². The predicted octanol–water partition coefficient (Wildman–Crippen LogP) is 3.62. The van der Waals surface area contributed by atoms with Gasteiger partial charge in [0.15, 0.2) is 5.75 Å². The maximum absolute atomic E-state index is 5.89. The Bertz CT molecular complexity index is 756. The fourth-order valence-electron chi connectivity index (χ4n) is 2.01. The number of aromatic nitrogens is 1. The molecule has 0 atom stereocenters. The Hall–Kier alpha value is -2.75. The van der Waals surface area contributed by atoms with E-state index in [0.29, 0.717) is 17.3 Å². The molecule has 100 valence electrons. The number of benzene rings is 2. The largest absolute Gasteiger partial charge is 0.497 e. The lowest BCUT2D eigenvalue weighted by Gasteiger charge is -2.10. The van der Waals surface area contributed by atoms with Crippen LogP contribution in [0.15, 0.2) is 54.7 Å². The Morgan fingerprint density at radius 3 is 2.70 bits per heavy atom. The summed E-state index contributed by atoms with van der Waals surface area (Å²) >= 11 is 0. The second-order valence-electron chi connectivity index (χ2n) is 4.34. The van der Waals surface area contributed by atoms with Gasteiger partial charge in [-0.3, -0.25) is 0 Å². The van der Waals surface area contributed by atoms with Gasteiger partial charge in [0.25, 0.3) is 0 Å². The van der Waals surface area contributed by atoms with Crippen molar-refractivity contribution in [2.45, 2.75) is 0 Å². The zero-order valence-corrected chi connectivity index (χ0v) is 11.0. The topological polar surface area (TPSA) is 57.4 Å². The van der Waals surface area contributed by atoms with Crippen LogP contribution in [0.3, 0.4) is 0 Å². The van der Waals surface area contributed by atoms with Gasteiger partial charge < -0.3 is 15.2 Å². The average molecular weight is 266 g/mol. The first-order valence-electron chi connectivity index (χ1n) is 6.23. The minimum absolute atomic E-state index is 0.531. The number of nitrogen functional groups attached to an aromatic ring is 1. The van der Waals surface area contributed by atoms with E-state index in [1.54, 1.807) is 19.4 Å². The highest BCUT2D eigenvalue weighted by Crippen LogP contribution is 2.32. The number of fused-ring (bicyclic) bond motifs is 1. The van der Waals surface area contributed by atoms with Crippen LogP contribution >= 0.6 is 0 Å². The SMILES string of the molecule is COc1ccc2c(Oc3ccccc3N)nccc2c1. The summed E-state index contributed by atoms with van der Waals surface area (Å²) in [5, 5.41) is 1.92. The summed E-state index contributed by atoms with van der Waals surface area (Å²) in [5.74, 6) is 1.93. The number of rotatable bonds is 3. The minimum Gasteiger partial charge on any atom is -0.497 e. The molecule has 2 N–H and O–H groups in total. The van der Waals surface area contributed by atoms with Gasteiger partial charge in [-0.25, -0.2) is 4.98 Å². The Balaban J connectivity index is 2.06. The van der Waals surface area contributed by atoms with Crippen molar-refractivity contribution in [2.75, 3.05) is 12.8 Å². The standard InChI is InChI=1S/C16H14N2O2/c1-19-12-6-7-13-11(10-12)8-9-18-16(13)20-15-5-3-2-4-14(15)17/h2-10H,17H2,1H3. The molecular weight excluding hydrogens is 252 g/mol. The molecule has 1 heterocycles. The van der Waals surface area contributed by atoms with Crippen molar-refractivity contribution in [3.8, 4) is 17.4 Å². The molecule has 0 unspecified atom stereocenters. The van der Waals surface area contributed by atoms with Crippen molar-refractivity contribution in [1.29, 1.82) is 0 Å². The van der Waals surface area contributed by atoms with Crippen LogP contribution in [0, 0.1) is 0 Å². The highest BCUT2D eigenvalue weighted by atomic mass is 16.5. The van der Waals surface area contributed by atoms with E-state index in [1.807, 2.05) is 42.5 Å². The third kappa shape index (κ3) is 2.23. The average Bonchev–Trinajstić information content (AvgIpc) is 2.49. The maximum Gasteiger partial charge on any atom is 0.227 e. The van der Waals surface area contributed by atoms with Crippen LogP contribution in [0.5, 0.6) is 17.4 Å². The Kier molecular flexibility index (Phi) is 3.13. The van der Waals surface area contributed by atoms with E-state index in [-0.39, 0.29) is 0 Å². The van der Waals surface area contributed by atoms with E-state index in [4.69, 9.17) is 15.2 Å². The molecule has 3 rings (SSSR count). The molecule has 0 aliphatic rings. The molecular formula is C16H14N2O2. The first kappa shape index (κ1) is 12.3. The van der Waals surface area contributed by atoms with E-state index in [1.165, 1.54) is 0 Å². The number of pyridine rings is 1. The summed E-state index contributed by atoms with van der Waals surface area (Å²) < 4.78 is 11.0. The fraction of sp³-hybridized carbons (Fsp3) is 0.0625. The molecule has 4 nitrogen and oxygen atoms in total. The zero-order chi connectivity index (χ0) is 13.9. The van der Waals surface area contributed by atoms with Crippen LogP contribution in [-0.2, 0) is 0 Å². The van der Waals surface area contributed by atoms with Crippen molar-refractivity contribution in [1.82, 2.24) is 4.98 Å². The number of ether oxygens (including phenoxy) is 2. The molecule has 0 spiro atoms. The number of para-hydroxylation sites is 2. The Morgan fingerprint density at radius 1 is 1.05 bits per heavy atom. The minimum atomic E-state index is 0.531. The van der Waals surface area contributed by atoms with Crippen LogP contribution in [0.2, 0.25) is 0 Å².